The van der Waals surface area contributed by atoms with Crippen LogP contribution >= 0.6 is 0 Å². The van der Waals surface area contributed by atoms with E-state index >= 15 is 0 Å². The molecule has 1 fully saturated rings. The molecule has 1 aliphatic rings. The van der Waals surface area contributed by atoms with Gasteiger partial charge in [-0.05, 0) is 49.1 Å². The maximum atomic E-state index is 12.6. The molecular formula is C24H28N4O4. The molecule has 4 rings (SSSR count). The number of H-pyrrole nitrogens is 1. The molecule has 0 unspecified atom stereocenters. The average Bonchev–Trinajstić information content (AvgIpc) is 2.80. The second kappa shape index (κ2) is 9.50. The second-order valence-electron chi connectivity index (χ2n) is 8.25. The molecule has 8 nitrogen and oxygen atoms in total. The topological polar surface area (TPSA) is 107 Å². The van der Waals surface area contributed by atoms with E-state index in [1.54, 1.807) is 19.1 Å². The summed E-state index contributed by atoms with van der Waals surface area (Å²) in [7, 11) is 0. The molecule has 0 radical (unpaired) electrons. The van der Waals surface area contributed by atoms with Gasteiger partial charge in [0.25, 0.3) is 11.5 Å². The lowest BCUT2D eigenvalue weighted by Crippen LogP contribution is -2.35. The molecule has 0 spiro atoms. The van der Waals surface area contributed by atoms with E-state index in [2.05, 4.69) is 27.3 Å². The number of nitrogens with one attached hydrogen (secondary N) is 2. The van der Waals surface area contributed by atoms with Gasteiger partial charge in [-0.25, -0.2) is 4.79 Å². The number of hydrogen-bond donors (Lipinski definition) is 3. The van der Waals surface area contributed by atoms with Crippen LogP contribution in [0.3, 0.4) is 0 Å². The Labute approximate surface area is 185 Å². The highest BCUT2D eigenvalue weighted by atomic mass is 16.3. The molecule has 0 atom stereocenters. The van der Waals surface area contributed by atoms with E-state index in [0.29, 0.717) is 23.0 Å². The maximum Gasteiger partial charge on any atom is 0.328 e. The predicted molar refractivity (Wildman–Crippen MR) is 123 cm³/mol. The Hall–Kier alpha value is -3.23. The van der Waals surface area contributed by atoms with E-state index in [-0.39, 0.29) is 24.1 Å². The minimum Gasteiger partial charge on any atom is -0.393 e. The Kier molecular flexibility index (Phi) is 6.53. The zero-order valence-corrected chi connectivity index (χ0v) is 18.1. The molecule has 1 saturated heterocycles. The number of benzene rings is 2. The third kappa shape index (κ3) is 4.81. The molecule has 2 heterocycles. The minimum atomic E-state index is -0.483. The number of aromatic amines is 1. The quantitative estimate of drug-likeness (QED) is 0.544. The molecule has 0 bridgehead atoms. The van der Waals surface area contributed by atoms with Gasteiger partial charge in [-0.3, -0.25) is 19.1 Å². The predicted octanol–water partition coefficient (Wildman–Crippen LogP) is 1.60. The number of carbonyl (C=O) groups is 1. The number of aliphatic hydroxyl groups excluding tert-OH is 1. The molecule has 32 heavy (non-hydrogen) atoms. The standard InChI is InChI=1S/C24H28N4O4/c1-2-28-23(31)20-8-7-18(13-21(20)26-24(28)32)22(30)25-14-16-3-5-17(6-4-16)15-27-11-9-19(29)10-12-27/h3-8,13,19,29H,2,9-12,14-15H2,1H3,(H,25,30)(H,26,32). The normalized spacial score (nSPS) is 15.2. The number of amides is 1. The Morgan fingerprint density at radius 1 is 1.09 bits per heavy atom. The molecule has 8 heteroatoms. The van der Waals surface area contributed by atoms with Gasteiger partial charge in [0.05, 0.1) is 17.0 Å². The summed E-state index contributed by atoms with van der Waals surface area (Å²) in [4.78, 5) is 42.0. The van der Waals surface area contributed by atoms with Crippen LogP contribution in [-0.4, -0.2) is 44.7 Å². The third-order valence-electron chi connectivity index (χ3n) is 6.00. The zero-order valence-electron chi connectivity index (χ0n) is 18.1. The third-order valence-corrected chi connectivity index (χ3v) is 6.00. The summed E-state index contributed by atoms with van der Waals surface area (Å²) in [5, 5.41) is 12.9. The molecular weight excluding hydrogens is 408 g/mol. The fraction of sp³-hybridized carbons (Fsp3) is 0.375. The first kappa shape index (κ1) is 22.0. The van der Waals surface area contributed by atoms with Gasteiger partial charge >= 0.3 is 5.69 Å². The summed E-state index contributed by atoms with van der Waals surface area (Å²) in [5.74, 6) is -0.275. The molecule has 0 aliphatic carbocycles. The number of likely N-dealkylation sites (tertiary alicyclic amines) is 1. The lowest BCUT2D eigenvalue weighted by atomic mass is 10.1. The van der Waals surface area contributed by atoms with Crippen molar-refractivity contribution in [3.63, 3.8) is 0 Å². The monoisotopic (exact) mass is 436 g/mol. The Morgan fingerprint density at radius 2 is 1.78 bits per heavy atom. The van der Waals surface area contributed by atoms with E-state index in [4.69, 9.17) is 0 Å². The summed E-state index contributed by atoms with van der Waals surface area (Å²) in [6.45, 7) is 5.06. The molecule has 2 aromatic carbocycles. The zero-order chi connectivity index (χ0) is 22.7. The highest BCUT2D eigenvalue weighted by Gasteiger charge is 2.17. The number of aromatic nitrogens is 2. The van der Waals surface area contributed by atoms with Crippen molar-refractivity contribution in [2.24, 2.45) is 0 Å². The maximum absolute atomic E-state index is 12.6. The lowest BCUT2D eigenvalue weighted by Gasteiger charge is -2.29. The van der Waals surface area contributed by atoms with Crippen LogP contribution in [-0.2, 0) is 19.6 Å². The van der Waals surface area contributed by atoms with Gasteiger partial charge in [-0.2, -0.15) is 0 Å². The van der Waals surface area contributed by atoms with Crippen molar-refractivity contribution in [3.8, 4) is 0 Å². The number of hydrogen-bond acceptors (Lipinski definition) is 5. The van der Waals surface area contributed by atoms with Crippen molar-refractivity contribution in [1.29, 1.82) is 0 Å². The fourth-order valence-electron chi connectivity index (χ4n) is 4.07. The van der Waals surface area contributed by atoms with Crippen LogP contribution in [0.4, 0.5) is 0 Å². The van der Waals surface area contributed by atoms with Crippen molar-refractivity contribution in [3.05, 3.63) is 80.0 Å². The van der Waals surface area contributed by atoms with E-state index < -0.39 is 5.69 Å². The number of carbonyl (C=O) groups excluding carboxylic acids is 1. The Morgan fingerprint density at radius 3 is 2.47 bits per heavy atom. The van der Waals surface area contributed by atoms with Gasteiger partial charge in [-0.1, -0.05) is 24.3 Å². The molecule has 1 aliphatic heterocycles. The fourth-order valence-corrected chi connectivity index (χ4v) is 4.07. The van der Waals surface area contributed by atoms with E-state index in [9.17, 15) is 19.5 Å². The highest BCUT2D eigenvalue weighted by Crippen LogP contribution is 2.15. The Bertz CT molecular complexity index is 1220. The molecule has 3 N–H and O–H groups in total. The number of rotatable bonds is 6. The average molecular weight is 437 g/mol. The van der Waals surface area contributed by atoms with Crippen LogP contribution < -0.4 is 16.6 Å². The SMILES string of the molecule is CCn1c(=O)[nH]c2cc(C(=O)NCc3ccc(CN4CCC(O)CC4)cc3)ccc2c1=O. The van der Waals surface area contributed by atoms with E-state index in [1.165, 1.54) is 11.6 Å². The van der Waals surface area contributed by atoms with Gasteiger partial charge in [0.15, 0.2) is 0 Å². The van der Waals surface area contributed by atoms with Gasteiger partial charge in [0.1, 0.15) is 0 Å². The summed E-state index contributed by atoms with van der Waals surface area (Å²) in [6.07, 6.45) is 1.47. The van der Waals surface area contributed by atoms with Crippen molar-refractivity contribution in [2.45, 2.75) is 45.5 Å². The largest absolute Gasteiger partial charge is 0.393 e. The van der Waals surface area contributed by atoms with Crippen LogP contribution in [0.25, 0.3) is 10.9 Å². The second-order valence-corrected chi connectivity index (χ2v) is 8.25. The van der Waals surface area contributed by atoms with Crippen molar-refractivity contribution < 1.29 is 9.90 Å². The van der Waals surface area contributed by atoms with Crippen molar-refractivity contribution in [2.75, 3.05) is 13.1 Å². The number of nitrogens with zero attached hydrogens (tertiary/aromatic N) is 2. The molecule has 1 amide bonds. The molecule has 3 aromatic rings. The minimum absolute atomic E-state index is 0.171. The summed E-state index contributed by atoms with van der Waals surface area (Å²) in [5.41, 5.74) is 2.07. The first-order valence-electron chi connectivity index (χ1n) is 11.0. The summed E-state index contributed by atoms with van der Waals surface area (Å²) in [6, 6.07) is 12.8. The van der Waals surface area contributed by atoms with Gasteiger partial charge in [-0.15, -0.1) is 0 Å². The first-order chi connectivity index (χ1) is 15.4. The smallest absolute Gasteiger partial charge is 0.328 e. The van der Waals surface area contributed by atoms with Crippen molar-refractivity contribution >= 4 is 16.8 Å². The van der Waals surface area contributed by atoms with E-state index in [1.807, 2.05) is 12.1 Å². The number of piperidine rings is 1. The molecule has 0 saturated carbocycles. The van der Waals surface area contributed by atoms with Gasteiger partial charge in [0, 0.05) is 38.3 Å². The Balaban J connectivity index is 1.38. The van der Waals surface area contributed by atoms with Crippen LogP contribution in [0, 0.1) is 0 Å². The van der Waals surface area contributed by atoms with Crippen LogP contribution in [0.2, 0.25) is 0 Å². The lowest BCUT2D eigenvalue weighted by molar-refractivity contribution is 0.0792. The first-order valence-corrected chi connectivity index (χ1v) is 11.0. The molecule has 168 valence electrons. The summed E-state index contributed by atoms with van der Waals surface area (Å²) < 4.78 is 1.13. The van der Waals surface area contributed by atoms with Crippen LogP contribution in [0.1, 0.15) is 41.3 Å². The molecule has 1 aromatic heterocycles. The highest BCUT2D eigenvalue weighted by molar-refractivity contribution is 5.97. The van der Waals surface area contributed by atoms with Gasteiger partial charge in [0.2, 0.25) is 0 Å². The van der Waals surface area contributed by atoms with Gasteiger partial charge < -0.3 is 15.4 Å². The number of aliphatic hydroxyl groups is 1. The van der Waals surface area contributed by atoms with Crippen LogP contribution in [0.15, 0.2) is 52.1 Å². The van der Waals surface area contributed by atoms with Crippen molar-refractivity contribution in [1.82, 2.24) is 19.8 Å². The number of fused-ring (bicyclic) bond motifs is 1. The summed E-state index contributed by atoms with van der Waals surface area (Å²) >= 11 is 0. The van der Waals surface area contributed by atoms with Crippen LogP contribution in [0.5, 0.6) is 0 Å². The van der Waals surface area contributed by atoms with E-state index in [0.717, 1.165) is 42.6 Å².